The van der Waals surface area contributed by atoms with Gasteiger partial charge in [-0.25, -0.2) is 0 Å². The van der Waals surface area contributed by atoms with Gasteiger partial charge in [0.1, 0.15) is 0 Å². The van der Waals surface area contributed by atoms with Crippen molar-refractivity contribution in [1.29, 1.82) is 0 Å². The van der Waals surface area contributed by atoms with E-state index in [-0.39, 0.29) is 18.9 Å². The molecule has 0 amide bonds. The normalized spacial score (nSPS) is 6.00. The van der Waals surface area contributed by atoms with Gasteiger partial charge in [0.25, 0.3) is 0 Å². The number of hydrogen-bond acceptors (Lipinski definition) is 1. The molecule has 0 rings (SSSR count). The molecule has 0 aliphatic rings. The Kier molecular flexibility index (Phi) is 16.1. The zero-order chi connectivity index (χ0) is 3.41. The second-order valence-corrected chi connectivity index (χ2v) is 0.577. The third-order valence-corrected chi connectivity index (χ3v) is 0.289. The molecule has 0 aliphatic carbocycles. The van der Waals surface area contributed by atoms with Gasteiger partial charge in [0, 0.05) is 13.7 Å². The van der Waals surface area contributed by atoms with Crippen molar-refractivity contribution in [2.24, 2.45) is 0 Å². The molecule has 2 heteroatoms. The first-order chi connectivity index (χ1) is 1.91. The molecule has 0 fully saturated rings. The van der Waals surface area contributed by atoms with E-state index in [0.717, 1.165) is 6.61 Å². The summed E-state index contributed by atoms with van der Waals surface area (Å²) < 4.78 is 4.54. The molecular weight excluding hydrogens is 59.0 g/mol. The SMILES string of the molecule is CCOC.[LiH]. The van der Waals surface area contributed by atoms with E-state index in [4.69, 9.17) is 0 Å². The molecule has 0 saturated heterocycles. The predicted octanol–water partition coefficient (Wildman–Crippen LogP) is 0.00420. The van der Waals surface area contributed by atoms with Gasteiger partial charge in [-0.1, -0.05) is 0 Å². The summed E-state index contributed by atoms with van der Waals surface area (Å²) in [5.74, 6) is 0. The summed E-state index contributed by atoms with van der Waals surface area (Å²) in [5, 5.41) is 0. The summed E-state index contributed by atoms with van der Waals surface area (Å²) >= 11 is 0. The van der Waals surface area contributed by atoms with Crippen molar-refractivity contribution in [2.45, 2.75) is 6.92 Å². The Hall–Kier alpha value is 0.557. The fraction of sp³-hybridized carbons (Fsp3) is 1.00. The summed E-state index contributed by atoms with van der Waals surface area (Å²) in [4.78, 5) is 0. The Morgan fingerprint density at radius 2 is 1.80 bits per heavy atom. The van der Waals surface area contributed by atoms with Crippen LogP contribution in [0.25, 0.3) is 0 Å². The van der Waals surface area contributed by atoms with Crippen LogP contribution in [-0.4, -0.2) is 32.6 Å². The Labute approximate surface area is 44.9 Å². The van der Waals surface area contributed by atoms with Crippen LogP contribution in [0.2, 0.25) is 0 Å². The second kappa shape index (κ2) is 8.82. The Balaban J connectivity index is 0. The Morgan fingerprint density at radius 1 is 1.60 bits per heavy atom. The van der Waals surface area contributed by atoms with Crippen LogP contribution >= 0.6 is 0 Å². The molecule has 0 aliphatic heterocycles. The number of rotatable bonds is 1. The van der Waals surface area contributed by atoms with Gasteiger partial charge in [-0.2, -0.15) is 0 Å². The molecular formula is C3H9LiO. The zero-order valence-corrected chi connectivity index (χ0v) is 3.12. The zero-order valence-electron chi connectivity index (χ0n) is 3.12. The fourth-order valence-electron chi connectivity index (χ4n) is 0. The van der Waals surface area contributed by atoms with Crippen molar-refractivity contribution in [1.82, 2.24) is 0 Å². The van der Waals surface area contributed by atoms with Crippen molar-refractivity contribution in [3.63, 3.8) is 0 Å². The van der Waals surface area contributed by atoms with Crippen LogP contribution in [0.3, 0.4) is 0 Å². The maximum atomic E-state index is 4.54. The molecule has 0 spiro atoms. The minimum absolute atomic E-state index is 0. The van der Waals surface area contributed by atoms with E-state index in [9.17, 15) is 0 Å². The van der Waals surface area contributed by atoms with Crippen molar-refractivity contribution in [3.05, 3.63) is 0 Å². The van der Waals surface area contributed by atoms with Crippen molar-refractivity contribution >= 4 is 18.9 Å². The van der Waals surface area contributed by atoms with E-state index in [1.165, 1.54) is 0 Å². The second-order valence-electron chi connectivity index (χ2n) is 0.577. The Bertz CT molecular complexity index is 8.85. The third kappa shape index (κ3) is 12.3. The van der Waals surface area contributed by atoms with E-state index < -0.39 is 0 Å². The van der Waals surface area contributed by atoms with Gasteiger partial charge < -0.3 is 4.74 Å². The molecule has 0 aromatic carbocycles. The number of ether oxygens (including phenoxy) is 1. The summed E-state index contributed by atoms with van der Waals surface area (Å²) in [7, 11) is 1.68. The molecule has 0 radical (unpaired) electrons. The maximum absolute atomic E-state index is 4.54. The predicted molar refractivity (Wildman–Crippen MR) is 24.7 cm³/mol. The van der Waals surface area contributed by atoms with Crippen LogP contribution in [0.15, 0.2) is 0 Å². The third-order valence-electron chi connectivity index (χ3n) is 0.289. The van der Waals surface area contributed by atoms with Gasteiger partial charge in [0.2, 0.25) is 0 Å². The van der Waals surface area contributed by atoms with Crippen LogP contribution in [0.4, 0.5) is 0 Å². The summed E-state index contributed by atoms with van der Waals surface area (Å²) in [5.41, 5.74) is 0. The summed E-state index contributed by atoms with van der Waals surface area (Å²) in [6.07, 6.45) is 0. The van der Waals surface area contributed by atoms with Gasteiger partial charge in [-0.3, -0.25) is 0 Å². The quantitative estimate of drug-likeness (QED) is 0.393. The van der Waals surface area contributed by atoms with Crippen LogP contribution < -0.4 is 0 Å². The van der Waals surface area contributed by atoms with E-state index >= 15 is 0 Å². The molecule has 5 heavy (non-hydrogen) atoms. The number of hydrogen-bond donors (Lipinski definition) is 0. The van der Waals surface area contributed by atoms with Gasteiger partial charge in [-0.05, 0) is 6.92 Å². The average Bonchev–Trinajstić information content (AvgIpc) is 1.37. The first kappa shape index (κ1) is 9.12. The van der Waals surface area contributed by atoms with Crippen molar-refractivity contribution in [3.8, 4) is 0 Å². The molecule has 0 saturated carbocycles. The molecule has 0 unspecified atom stereocenters. The molecule has 0 atom stereocenters. The molecule has 0 heterocycles. The van der Waals surface area contributed by atoms with Gasteiger partial charge in [0.15, 0.2) is 0 Å². The first-order valence-corrected chi connectivity index (χ1v) is 1.40. The summed E-state index contributed by atoms with van der Waals surface area (Å²) in [6, 6.07) is 0. The molecule has 0 aromatic heterocycles. The van der Waals surface area contributed by atoms with Crippen LogP contribution in [-0.2, 0) is 4.74 Å². The topological polar surface area (TPSA) is 9.23 Å². The molecule has 0 N–H and O–H groups in total. The molecule has 0 bridgehead atoms. The van der Waals surface area contributed by atoms with Crippen LogP contribution in [0.1, 0.15) is 6.92 Å². The van der Waals surface area contributed by atoms with Crippen LogP contribution in [0, 0.1) is 0 Å². The van der Waals surface area contributed by atoms with Crippen LogP contribution in [0.5, 0.6) is 0 Å². The van der Waals surface area contributed by atoms with Crippen molar-refractivity contribution in [2.75, 3.05) is 13.7 Å². The molecule has 0 aromatic rings. The van der Waals surface area contributed by atoms with Crippen molar-refractivity contribution < 1.29 is 4.74 Å². The first-order valence-electron chi connectivity index (χ1n) is 1.40. The van der Waals surface area contributed by atoms with E-state index in [2.05, 4.69) is 4.74 Å². The van der Waals surface area contributed by atoms with E-state index in [1.54, 1.807) is 7.11 Å². The van der Waals surface area contributed by atoms with Gasteiger partial charge in [-0.15, -0.1) is 0 Å². The summed E-state index contributed by atoms with van der Waals surface area (Å²) in [6.45, 7) is 2.78. The minimum atomic E-state index is 0. The van der Waals surface area contributed by atoms with Gasteiger partial charge in [0.05, 0.1) is 0 Å². The molecule has 1 nitrogen and oxygen atoms in total. The number of methoxy groups -OCH3 is 1. The van der Waals surface area contributed by atoms with E-state index in [1.807, 2.05) is 6.92 Å². The fourth-order valence-corrected chi connectivity index (χ4v) is 0. The van der Waals surface area contributed by atoms with E-state index in [0.29, 0.717) is 0 Å². The standard InChI is InChI=1S/C3H8O.Li.H/c1-3-4-2;;/h3H2,1-2H3;;. The molecule has 28 valence electrons. The van der Waals surface area contributed by atoms with Gasteiger partial charge >= 0.3 is 18.9 Å². The monoisotopic (exact) mass is 68.1 g/mol. The average molecular weight is 68.0 g/mol. The Morgan fingerprint density at radius 3 is 1.80 bits per heavy atom.